The molecule has 108 valence electrons. The quantitative estimate of drug-likeness (QED) is 0.362. The summed E-state index contributed by atoms with van der Waals surface area (Å²) >= 11 is 0. The zero-order chi connectivity index (χ0) is 14.4. The van der Waals surface area contributed by atoms with Crippen molar-refractivity contribution in [3.8, 4) is 0 Å². The van der Waals surface area contributed by atoms with Gasteiger partial charge in [0.2, 0.25) is 0 Å². The molecule has 3 atom stereocenters. The monoisotopic (exact) mass is 322 g/mol. The Kier molecular flexibility index (Phi) is 5.02. The molecule has 0 saturated carbocycles. The van der Waals surface area contributed by atoms with Crippen LogP contribution in [-0.4, -0.2) is 43.8 Å². The molecule has 1 nitrogen and oxygen atoms in total. The van der Waals surface area contributed by atoms with E-state index >= 15 is 0 Å². The maximum Gasteiger partial charge on any atom is 0.140 e. The minimum atomic E-state index is -1.12. The van der Waals surface area contributed by atoms with Crippen LogP contribution in [0.5, 0.6) is 0 Å². The molecule has 18 heavy (non-hydrogen) atoms. The predicted octanol–water partition coefficient (Wildman–Crippen LogP) is 5.34. The number of nitrogens with zero attached hydrogens (tertiary/aromatic N) is 1. The SMILES string of the molecule is CC[P+](CC)(CC)C1([Si](C)(C)C)PN1[Si](C)(C)C. The van der Waals surface area contributed by atoms with Crippen LogP contribution in [0.15, 0.2) is 0 Å². The average Bonchev–Trinajstić information content (AvgIpc) is 2.97. The zero-order valence-electron chi connectivity index (χ0n) is 14.0. The Morgan fingerprint density at radius 3 is 1.44 bits per heavy atom. The Balaban J connectivity index is 3.27. The van der Waals surface area contributed by atoms with E-state index in [1.807, 2.05) is 0 Å². The highest BCUT2D eigenvalue weighted by atomic mass is 31.2. The summed E-state index contributed by atoms with van der Waals surface area (Å²) in [5, 5.41) is 0. The van der Waals surface area contributed by atoms with Crippen LogP contribution in [0.1, 0.15) is 20.8 Å². The third-order valence-corrected chi connectivity index (χ3v) is 26.0. The minimum Gasteiger partial charge on any atom is -0.264 e. The molecule has 0 spiro atoms. The lowest BCUT2D eigenvalue weighted by Crippen LogP contribution is -2.52. The molecular formula is C13H34NP2Si2+. The lowest BCUT2D eigenvalue weighted by Gasteiger charge is -2.42. The first-order chi connectivity index (χ1) is 8.02. The van der Waals surface area contributed by atoms with Gasteiger partial charge in [0.15, 0.2) is 0 Å². The van der Waals surface area contributed by atoms with Crippen LogP contribution in [0, 0.1) is 0 Å². The summed E-state index contributed by atoms with van der Waals surface area (Å²) in [4.78, 5) is 0. The van der Waals surface area contributed by atoms with Crippen molar-refractivity contribution in [3.63, 3.8) is 0 Å². The van der Waals surface area contributed by atoms with Gasteiger partial charge < -0.3 is 0 Å². The summed E-state index contributed by atoms with van der Waals surface area (Å²) in [6.45, 7) is 23.0. The van der Waals surface area contributed by atoms with Crippen LogP contribution in [0.2, 0.25) is 39.3 Å². The smallest absolute Gasteiger partial charge is 0.140 e. The zero-order valence-corrected chi connectivity index (χ0v) is 17.9. The van der Waals surface area contributed by atoms with E-state index < -0.39 is 23.6 Å². The van der Waals surface area contributed by atoms with Gasteiger partial charge in [0.05, 0.1) is 18.5 Å². The van der Waals surface area contributed by atoms with Gasteiger partial charge in [-0.05, 0) is 20.8 Å². The van der Waals surface area contributed by atoms with E-state index in [1.54, 1.807) is 0 Å². The van der Waals surface area contributed by atoms with Gasteiger partial charge in [0.1, 0.15) is 21.0 Å². The molecule has 5 heteroatoms. The Hall–Kier alpha value is 1.25. The predicted molar refractivity (Wildman–Crippen MR) is 98.1 cm³/mol. The van der Waals surface area contributed by atoms with Crippen molar-refractivity contribution in [2.45, 2.75) is 64.7 Å². The Morgan fingerprint density at radius 2 is 1.28 bits per heavy atom. The van der Waals surface area contributed by atoms with Gasteiger partial charge in [-0.1, -0.05) is 39.3 Å². The van der Waals surface area contributed by atoms with E-state index in [2.05, 4.69) is 64.4 Å². The summed E-state index contributed by atoms with van der Waals surface area (Å²) < 4.78 is 3.76. The summed E-state index contributed by atoms with van der Waals surface area (Å²) in [5.41, 5.74) is 0. The molecule has 1 aliphatic rings. The minimum absolute atomic E-state index is 0.725. The molecule has 3 unspecified atom stereocenters. The first kappa shape index (κ1) is 17.3. The summed E-state index contributed by atoms with van der Waals surface area (Å²) in [7, 11) is -1.85. The lowest BCUT2D eigenvalue weighted by atomic mass is 10.9. The van der Waals surface area contributed by atoms with Gasteiger partial charge >= 0.3 is 0 Å². The third-order valence-electron chi connectivity index (χ3n) is 4.76. The number of hydrogen-bond acceptors (Lipinski definition) is 1. The van der Waals surface area contributed by atoms with Crippen LogP contribution in [-0.2, 0) is 0 Å². The van der Waals surface area contributed by atoms with Crippen LogP contribution in [0.3, 0.4) is 0 Å². The van der Waals surface area contributed by atoms with Crippen LogP contribution in [0.25, 0.3) is 0 Å². The summed E-state index contributed by atoms with van der Waals surface area (Å²) in [6.07, 6.45) is 4.41. The molecule has 0 aromatic heterocycles. The van der Waals surface area contributed by atoms with E-state index in [4.69, 9.17) is 0 Å². The van der Waals surface area contributed by atoms with E-state index in [9.17, 15) is 0 Å². The van der Waals surface area contributed by atoms with E-state index in [0.29, 0.717) is 0 Å². The van der Waals surface area contributed by atoms with Crippen molar-refractivity contribution in [2.75, 3.05) is 18.5 Å². The number of rotatable bonds is 6. The molecule has 0 aromatic rings. The highest BCUT2D eigenvalue weighted by Crippen LogP contribution is 2.88. The highest BCUT2D eigenvalue weighted by molar-refractivity contribution is 7.91. The largest absolute Gasteiger partial charge is 0.264 e. The van der Waals surface area contributed by atoms with Crippen molar-refractivity contribution in [1.82, 2.24) is 4.34 Å². The molecule has 0 amide bonds. The highest BCUT2D eigenvalue weighted by Gasteiger charge is 2.76. The van der Waals surface area contributed by atoms with Gasteiger partial charge in [-0.25, -0.2) is 0 Å². The fourth-order valence-corrected chi connectivity index (χ4v) is 28.7. The molecule has 1 aliphatic heterocycles. The molecular weight excluding hydrogens is 288 g/mol. The van der Waals surface area contributed by atoms with E-state index in [-0.39, 0.29) is 0 Å². The van der Waals surface area contributed by atoms with Crippen molar-refractivity contribution in [3.05, 3.63) is 0 Å². The summed E-state index contributed by atoms with van der Waals surface area (Å²) in [6, 6.07) is 0. The van der Waals surface area contributed by atoms with Gasteiger partial charge in [0, 0.05) is 16.0 Å². The van der Waals surface area contributed by atoms with Crippen LogP contribution >= 0.6 is 16.0 Å². The third kappa shape index (κ3) is 2.44. The van der Waals surface area contributed by atoms with Crippen molar-refractivity contribution < 1.29 is 0 Å². The first-order valence-electron chi connectivity index (χ1n) is 7.46. The van der Waals surface area contributed by atoms with Crippen LogP contribution < -0.4 is 0 Å². The maximum absolute atomic E-state index is 3.04. The second-order valence-electron chi connectivity index (χ2n) is 7.63. The fraction of sp³-hybridized carbons (Fsp3) is 1.00. The fourth-order valence-electron chi connectivity index (χ4n) is 3.67. The van der Waals surface area contributed by atoms with Crippen molar-refractivity contribution >= 4 is 32.3 Å². The Labute approximate surface area is 120 Å². The molecule has 0 N–H and O–H groups in total. The molecule has 1 fully saturated rings. The second-order valence-corrected chi connectivity index (χ2v) is 25.7. The van der Waals surface area contributed by atoms with Gasteiger partial charge in [-0.3, -0.25) is 4.34 Å². The second kappa shape index (κ2) is 5.22. The molecule has 0 bridgehead atoms. The number of hydrogen-bond donors (Lipinski definition) is 0. The normalized spacial score (nSPS) is 30.8. The first-order valence-corrected chi connectivity index (χ1v) is 17.7. The molecule has 0 radical (unpaired) electrons. The van der Waals surface area contributed by atoms with Gasteiger partial charge in [0.25, 0.3) is 0 Å². The molecule has 0 aromatic carbocycles. The van der Waals surface area contributed by atoms with E-state index in [0.717, 1.165) is 4.64 Å². The molecule has 1 saturated heterocycles. The average molecular weight is 323 g/mol. The van der Waals surface area contributed by atoms with Gasteiger partial charge in [-0.2, -0.15) is 0 Å². The Morgan fingerprint density at radius 1 is 0.889 bits per heavy atom. The maximum atomic E-state index is 3.04. The van der Waals surface area contributed by atoms with Gasteiger partial charge in [-0.15, -0.1) is 0 Å². The van der Waals surface area contributed by atoms with Crippen LogP contribution in [0.4, 0.5) is 0 Å². The standard InChI is InChI=1S/C13H34NP2Si2/c1-10-16(11-2,12-3)13(17(4,5)6)14(15-13)18(7,8)9/h15H,10-12H2,1-9H3/q+1. The molecule has 1 heterocycles. The topological polar surface area (TPSA) is 3.01 Å². The lowest BCUT2D eigenvalue weighted by molar-refractivity contribution is 0.803. The van der Waals surface area contributed by atoms with E-state index in [1.165, 1.54) is 27.2 Å². The molecule has 1 rings (SSSR count). The van der Waals surface area contributed by atoms with Crippen molar-refractivity contribution in [1.29, 1.82) is 0 Å². The Bertz CT molecular complexity index is 297. The molecule has 0 aliphatic carbocycles. The summed E-state index contributed by atoms with van der Waals surface area (Å²) in [5.74, 6) is 0. The van der Waals surface area contributed by atoms with Crippen molar-refractivity contribution in [2.24, 2.45) is 0 Å².